The average Bonchev–Trinajstić information content (AvgIpc) is 3.07. The van der Waals surface area contributed by atoms with Crippen LogP contribution in [0.3, 0.4) is 0 Å². The van der Waals surface area contributed by atoms with Crippen LogP contribution < -0.4 is 7.02 Å². The predicted molar refractivity (Wildman–Crippen MR) is 87.3 cm³/mol. The summed E-state index contributed by atoms with van der Waals surface area (Å²) in [7, 11) is 0. The van der Waals surface area contributed by atoms with Crippen molar-refractivity contribution in [1.29, 1.82) is 0 Å². The third-order valence-electron chi connectivity index (χ3n) is 5.25. The van der Waals surface area contributed by atoms with E-state index in [-0.39, 0.29) is 3.51 Å². The Kier molecular flexibility index (Phi) is 4.41. The Hall–Kier alpha value is -1.45. The predicted octanol–water partition coefficient (Wildman–Crippen LogP) is 4.40. The Labute approximate surface area is 168 Å². The molecule has 0 aliphatic carbocycles. The molecule has 2 heterocycles. The minimum absolute atomic E-state index is 0.376. The van der Waals surface area contributed by atoms with Crippen LogP contribution in [-0.2, 0) is 17.2 Å². The summed E-state index contributed by atoms with van der Waals surface area (Å²) in [5, 5.41) is 0. The van der Waals surface area contributed by atoms with Crippen LogP contribution in [0.15, 0.2) is 48.5 Å². The van der Waals surface area contributed by atoms with Gasteiger partial charge in [0.25, 0.3) is 0 Å². The molecule has 1 radical (unpaired) electrons. The summed E-state index contributed by atoms with van der Waals surface area (Å²) in [6, 6.07) is 8.08. The van der Waals surface area contributed by atoms with Crippen molar-refractivity contribution in [2.45, 2.75) is 36.7 Å². The number of halogens is 9. The molecule has 1 unspecified atom stereocenters. The van der Waals surface area contributed by atoms with E-state index in [1.807, 2.05) is 0 Å². The average molecular weight is 552 g/mol. The molecular weight excluding hydrogens is 541 g/mol. The number of hydrogen-bond donors (Lipinski definition) is 0. The van der Waals surface area contributed by atoms with Crippen LogP contribution in [0.4, 0.5) is 39.5 Å². The first kappa shape index (κ1) is 21.8. The second-order valence-corrected chi connectivity index (χ2v) is 13.9. The molecule has 12 heteroatoms. The Balaban J connectivity index is 2.10. The minimum atomic E-state index is -5.99. The first-order valence-corrected chi connectivity index (χ1v) is 13.0. The fraction of sp³-hybridized carbons (Fsp3) is 0.333. The van der Waals surface area contributed by atoms with Gasteiger partial charge in [0, 0.05) is 0 Å². The van der Waals surface area contributed by atoms with Crippen molar-refractivity contribution in [2.75, 3.05) is 0 Å². The maximum atomic E-state index is 13.9. The summed E-state index contributed by atoms with van der Waals surface area (Å²) >= 11 is -5.95. The first-order chi connectivity index (χ1) is 13.6. The molecule has 4 rings (SSSR count). The second kappa shape index (κ2) is 6.07. The van der Waals surface area contributed by atoms with Gasteiger partial charge < -0.3 is 0 Å². The number of benzene rings is 2. The first-order valence-electron chi connectivity index (χ1n) is 8.33. The fourth-order valence-electron chi connectivity index (χ4n) is 3.83. The molecule has 2 aromatic carbocycles. The van der Waals surface area contributed by atoms with Crippen LogP contribution in [-0.4, -0.2) is 38.2 Å². The molecule has 163 valence electrons. The monoisotopic (exact) mass is 551 g/mol. The Bertz CT molecular complexity index is 1000. The van der Waals surface area contributed by atoms with Gasteiger partial charge >= 0.3 is 169 Å². The van der Waals surface area contributed by atoms with Crippen molar-refractivity contribution in [3.8, 4) is 0 Å². The Morgan fingerprint density at radius 3 is 1.53 bits per heavy atom. The van der Waals surface area contributed by atoms with Crippen molar-refractivity contribution in [1.82, 2.24) is 0 Å². The molecule has 0 N–H and O–H groups in total. The molecule has 30 heavy (non-hydrogen) atoms. The van der Waals surface area contributed by atoms with Gasteiger partial charge in [-0.05, 0) is 0 Å². The van der Waals surface area contributed by atoms with Crippen LogP contribution >= 0.6 is 0 Å². The molecule has 2 aromatic rings. The molecule has 1 spiro atoms. The van der Waals surface area contributed by atoms with E-state index in [2.05, 4.69) is 0 Å². The summed E-state index contributed by atoms with van der Waals surface area (Å²) in [5.41, 5.74) is -9.72. The number of hydrogen-bond acceptors (Lipinski definition) is 2. The molecule has 0 saturated heterocycles. The normalized spacial score (nSPS) is 27.9. The van der Waals surface area contributed by atoms with E-state index >= 15 is 0 Å². The maximum absolute atomic E-state index is 13.9. The molecule has 2 atom stereocenters. The van der Waals surface area contributed by atoms with Gasteiger partial charge in [-0.25, -0.2) is 0 Å². The van der Waals surface area contributed by atoms with Crippen LogP contribution in [0.1, 0.15) is 18.1 Å². The van der Waals surface area contributed by atoms with E-state index in [1.165, 1.54) is 12.1 Å². The van der Waals surface area contributed by atoms with Crippen LogP contribution in [0, 0.1) is 0 Å². The van der Waals surface area contributed by atoms with E-state index in [9.17, 15) is 39.5 Å². The van der Waals surface area contributed by atoms with E-state index in [4.69, 9.17) is 6.03 Å². The van der Waals surface area contributed by atoms with E-state index in [0.717, 1.165) is 30.3 Å². The zero-order valence-corrected chi connectivity index (χ0v) is 17.3. The number of rotatable bonds is 0. The SMILES string of the molecule is C[C@@]1(C(F)(F)F)[O][Sb]2([O]C(C(F)(F)F)(C(F)(F)F)c3cccc[c]32)[c]2ccccc21. The summed E-state index contributed by atoms with van der Waals surface area (Å²) in [5.74, 6) is 0. The molecule has 0 aromatic heterocycles. The Morgan fingerprint density at radius 1 is 0.633 bits per heavy atom. The van der Waals surface area contributed by atoms with Gasteiger partial charge in [-0.15, -0.1) is 0 Å². The topological polar surface area (TPSA) is 18.5 Å². The standard InChI is InChI=1S/C9H4F6O.C9H7F3O.Sb/c10-8(11,12)7(16,9(13,14)15)6-4-2-1-3-5-6;1-8(13,9(10,11)12)7-5-3-2-4-6-7;/h1-4H;2-5H,1H3;/q2*-1;+2/t;8-;/m.1./s1. The van der Waals surface area contributed by atoms with Gasteiger partial charge in [0.2, 0.25) is 0 Å². The summed E-state index contributed by atoms with van der Waals surface area (Å²) in [4.78, 5) is 0. The van der Waals surface area contributed by atoms with Gasteiger partial charge in [-0.2, -0.15) is 0 Å². The zero-order valence-electron chi connectivity index (χ0n) is 14.8. The van der Waals surface area contributed by atoms with Crippen LogP contribution in [0.2, 0.25) is 0 Å². The molecule has 0 bridgehead atoms. The molecule has 2 nitrogen and oxygen atoms in total. The summed E-state index contributed by atoms with van der Waals surface area (Å²) < 4.78 is 134. The molecule has 2 aliphatic rings. The van der Waals surface area contributed by atoms with Gasteiger partial charge in [0.1, 0.15) is 0 Å². The van der Waals surface area contributed by atoms with Crippen molar-refractivity contribution in [2.24, 2.45) is 0 Å². The van der Waals surface area contributed by atoms with Crippen molar-refractivity contribution in [3.63, 3.8) is 0 Å². The molecule has 2 aliphatic heterocycles. The molecule has 0 fully saturated rings. The molecule has 0 saturated carbocycles. The third kappa shape index (κ3) is 2.48. The van der Waals surface area contributed by atoms with Crippen molar-refractivity contribution >= 4 is 26.7 Å². The van der Waals surface area contributed by atoms with Gasteiger partial charge in [-0.1, -0.05) is 0 Å². The van der Waals surface area contributed by atoms with Gasteiger partial charge in [0.15, 0.2) is 0 Å². The quantitative estimate of drug-likeness (QED) is 0.357. The van der Waals surface area contributed by atoms with E-state index in [0.29, 0.717) is 13.0 Å². The van der Waals surface area contributed by atoms with E-state index in [1.54, 1.807) is 0 Å². The molecular formula is C18H11F9O2Sb. The summed E-state index contributed by atoms with van der Waals surface area (Å²) in [6.07, 6.45) is -17.1. The van der Waals surface area contributed by atoms with Crippen LogP contribution in [0.25, 0.3) is 0 Å². The Morgan fingerprint density at radius 2 is 1.07 bits per heavy atom. The number of alkyl halides is 9. The fourth-order valence-corrected chi connectivity index (χ4v) is 14.7. The number of fused-ring (bicyclic) bond motifs is 4. The third-order valence-corrected chi connectivity index (χ3v) is 14.4. The van der Waals surface area contributed by atoms with Crippen molar-refractivity contribution < 1.29 is 45.5 Å². The van der Waals surface area contributed by atoms with Gasteiger partial charge in [0.05, 0.1) is 0 Å². The molecule has 0 amide bonds. The van der Waals surface area contributed by atoms with Crippen LogP contribution in [0.5, 0.6) is 0 Å². The van der Waals surface area contributed by atoms with Crippen molar-refractivity contribution in [3.05, 3.63) is 59.7 Å². The zero-order chi connectivity index (χ0) is 22.4. The summed E-state index contributed by atoms with van der Waals surface area (Å²) in [6.45, 7) is 0.585. The van der Waals surface area contributed by atoms with Gasteiger partial charge in [-0.3, -0.25) is 0 Å². The second-order valence-electron chi connectivity index (χ2n) is 6.98. The van der Waals surface area contributed by atoms with E-state index < -0.39 is 64.0 Å².